The Bertz CT molecular complexity index is 719. The van der Waals surface area contributed by atoms with Crippen LogP contribution < -0.4 is 15.2 Å². The van der Waals surface area contributed by atoms with E-state index in [0.29, 0.717) is 17.6 Å². The fourth-order valence-corrected chi connectivity index (χ4v) is 6.44. The molecule has 29 heavy (non-hydrogen) atoms. The number of amides is 1. The summed E-state index contributed by atoms with van der Waals surface area (Å²) in [4.78, 5) is 23.3. The van der Waals surface area contributed by atoms with Gasteiger partial charge in [-0.15, -0.1) is 0 Å². The Morgan fingerprint density at radius 2 is 1.62 bits per heavy atom. The van der Waals surface area contributed by atoms with Crippen LogP contribution in [-0.2, 0) is 15.0 Å². The van der Waals surface area contributed by atoms with Gasteiger partial charge in [0.15, 0.2) is 6.61 Å². The lowest BCUT2D eigenvalue weighted by Crippen LogP contribution is -2.49. The molecular formula is C24H32NO4-. The van der Waals surface area contributed by atoms with E-state index in [1.807, 2.05) is 26.0 Å². The van der Waals surface area contributed by atoms with Crippen LogP contribution in [0.25, 0.3) is 0 Å². The molecule has 5 rings (SSSR count). The molecule has 0 aliphatic heterocycles. The van der Waals surface area contributed by atoms with E-state index in [-0.39, 0.29) is 12.5 Å². The Labute approximate surface area is 173 Å². The van der Waals surface area contributed by atoms with Gasteiger partial charge < -0.3 is 20.0 Å². The molecule has 4 aliphatic rings. The molecule has 0 spiro atoms. The topological polar surface area (TPSA) is 78.5 Å². The first-order valence-corrected chi connectivity index (χ1v) is 11.1. The lowest BCUT2D eigenvalue weighted by atomic mass is 9.48. The van der Waals surface area contributed by atoms with E-state index in [2.05, 4.69) is 17.4 Å². The lowest BCUT2D eigenvalue weighted by molar-refractivity contribution is -0.308. The summed E-state index contributed by atoms with van der Waals surface area (Å²) in [6.07, 6.45) is 8.59. The smallest absolute Gasteiger partial charge is 0.258 e. The predicted molar refractivity (Wildman–Crippen MR) is 108 cm³/mol. The SMILES string of the molecule is CC(C)C[C@@H](NC(=O)COc1ccc(C23CC4CC(CC(C4)C2)C3)cc1)C(=O)[O-]. The average Bonchev–Trinajstić information content (AvgIpc) is 2.65. The summed E-state index contributed by atoms with van der Waals surface area (Å²) in [5.41, 5.74) is 1.77. The minimum absolute atomic E-state index is 0.149. The van der Waals surface area contributed by atoms with E-state index in [0.717, 1.165) is 17.8 Å². The highest BCUT2D eigenvalue weighted by Gasteiger charge is 2.51. The first-order valence-electron chi connectivity index (χ1n) is 11.1. The minimum atomic E-state index is -1.26. The van der Waals surface area contributed by atoms with Gasteiger partial charge in [0.1, 0.15) is 5.75 Å². The number of rotatable bonds is 8. The zero-order valence-corrected chi connectivity index (χ0v) is 17.5. The van der Waals surface area contributed by atoms with Crippen molar-refractivity contribution < 1.29 is 19.4 Å². The Morgan fingerprint density at radius 1 is 1.07 bits per heavy atom. The number of carboxylic acid groups (broad SMARTS) is 1. The van der Waals surface area contributed by atoms with Gasteiger partial charge in [-0.25, -0.2) is 0 Å². The van der Waals surface area contributed by atoms with Gasteiger partial charge in [0.2, 0.25) is 0 Å². The molecule has 0 saturated heterocycles. The Hall–Kier alpha value is -2.04. The third kappa shape index (κ3) is 4.44. The first-order chi connectivity index (χ1) is 13.8. The number of carbonyl (C=O) groups is 2. The van der Waals surface area contributed by atoms with Crippen molar-refractivity contribution in [2.24, 2.45) is 23.7 Å². The molecule has 0 radical (unpaired) electrons. The molecular weight excluding hydrogens is 366 g/mol. The van der Waals surface area contributed by atoms with E-state index < -0.39 is 17.9 Å². The van der Waals surface area contributed by atoms with Crippen LogP contribution >= 0.6 is 0 Å². The van der Waals surface area contributed by atoms with Gasteiger partial charge in [0.05, 0.1) is 12.0 Å². The van der Waals surface area contributed by atoms with E-state index in [1.165, 1.54) is 44.1 Å². The van der Waals surface area contributed by atoms with Crippen molar-refractivity contribution >= 4 is 11.9 Å². The average molecular weight is 399 g/mol. The van der Waals surface area contributed by atoms with Gasteiger partial charge in [-0.2, -0.15) is 0 Å². The molecule has 1 aromatic carbocycles. The Balaban J connectivity index is 1.33. The third-order valence-electron chi connectivity index (χ3n) is 7.20. The third-order valence-corrected chi connectivity index (χ3v) is 7.20. The number of benzene rings is 1. The minimum Gasteiger partial charge on any atom is -0.548 e. The molecule has 0 aromatic heterocycles. The summed E-state index contributed by atoms with van der Waals surface area (Å²) in [6, 6.07) is 7.26. The van der Waals surface area contributed by atoms with Gasteiger partial charge in [0, 0.05) is 0 Å². The molecule has 158 valence electrons. The normalized spacial score (nSPS) is 30.9. The molecule has 4 fully saturated rings. The van der Waals surface area contributed by atoms with Gasteiger partial charge in [-0.1, -0.05) is 26.0 Å². The number of ether oxygens (including phenoxy) is 1. The van der Waals surface area contributed by atoms with Gasteiger partial charge in [-0.3, -0.25) is 4.79 Å². The molecule has 5 heteroatoms. The van der Waals surface area contributed by atoms with Crippen LogP contribution in [0.3, 0.4) is 0 Å². The van der Waals surface area contributed by atoms with Crippen molar-refractivity contribution in [1.82, 2.24) is 5.32 Å². The summed E-state index contributed by atoms with van der Waals surface area (Å²) in [5.74, 6) is 1.81. The zero-order chi connectivity index (χ0) is 20.6. The zero-order valence-electron chi connectivity index (χ0n) is 17.5. The van der Waals surface area contributed by atoms with Crippen LogP contribution in [0.15, 0.2) is 24.3 Å². The highest BCUT2D eigenvalue weighted by molar-refractivity contribution is 5.83. The van der Waals surface area contributed by atoms with E-state index >= 15 is 0 Å². The summed E-state index contributed by atoms with van der Waals surface area (Å²) in [7, 11) is 0. The summed E-state index contributed by atoms with van der Waals surface area (Å²) in [5, 5.41) is 13.7. The van der Waals surface area contributed by atoms with Gasteiger partial charge >= 0.3 is 0 Å². The summed E-state index contributed by atoms with van der Waals surface area (Å²) < 4.78 is 5.60. The number of hydrogen-bond donors (Lipinski definition) is 1. The molecule has 1 atom stereocenters. The number of hydrogen-bond acceptors (Lipinski definition) is 4. The highest BCUT2D eigenvalue weighted by atomic mass is 16.5. The number of carbonyl (C=O) groups excluding carboxylic acids is 2. The van der Waals surface area contributed by atoms with E-state index in [4.69, 9.17) is 4.74 Å². The number of nitrogens with one attached hydrogen (secondary N) is 1. The van der Waals surface area contributed by atoms with Gasteiger partial charge in [-0.05, 0) is 91.7 Å². The van der Waals surface area contributed by atoms with Crippen molar-refractivity contribution in [3.05, 3.63) is 29.8 Å². The number of carboxylic acids is 1. The molecule has 4 bridgehead atoms. The monoisotopic (exact) mass is 398 g/mol. The molecule has 0 unspecified atom stereocenters. The van der Waals surface area contributed by atoms with Crippen LogP contribution in [0, 0.1) is 23.7 Å². The highest BCUT2D eigenvalue weighted by Crippen LogP contribution is 2.60. The molecule has 1 N–H and O–H groups in total. The molecule has 1 amide bonds. The fourth-order valence-electron chi connectivity index (χ4n) is 6.44. The van der Waals surface area contributed by atoms with E-state index in [9.17, 15) is 14.7 Å². The summed E-state index contributed by atoms with van der Waals surface area (Å²) >= 11 is 0. The van der Waals surface area contributed by atoms with Crippen LogP contribution in [0.2, 0.25) is 0 Å². The maximum Gasteiger partial charge on any atom is 0.258 e. The molecule has 4 aliphatic carbocycles. The second-order valence-electron chi connectivity index (χ2n) is 10.1. The van der Waals surface area contributed by atoms with Crippen LogP contribution in [0.1, 0.15) is 64.4 Å². The quantitative estimate of drug-likeness (QED) is 0.730. The largest absolute Gasteiger partial charge is 0.548 e. The number of aliphatic carboxylic acids is 1. The maximum absolute atomic E-state index is 12.1. The standard InChI is InChI=1S/C24H33NO4/c1-15(2)7-21(23(27)28)25-22(26)14-29-20-5-3-19(4-6-20)24-11-16-8-17(12-24)10-18(9-16)13-24/h3-6,15-18,21H,7-14H2,1-2H3,(H,25,26)(H,27,28)/p-1/t16?,17?,18?,21-,24?/m1/s1. The summed E-state index contributed by atoms with van der Waals surface area (Å²) in [6.45, 7) is 3.62. The van der Waals surface area contributed by atoms with E-state index in [1.54, 1.807) is 0 Å². The van der Waals surface area contributed by atoms with Crippen molar-refractivity contribution in [2.45, 2.75) is 70.3 Å². The fraction of sp³-hybridized carbons (Fsp3) is 0.667. The van der Waals surface area contributed by atoms with Crippen molar-refractivity contribution in [2.75, 3.05) is 6.61 Å². The molecule has 1 aromatic rings. The second kappa shape index (κ2) is 8.00. The molecule has 5 nitrogen and oxygen atoms in total. The van der Waals surface area contributed by atoms with Crippen molar-refractivity contribution in [3.63, 3.8) is 0 Å². The second-order valence-corrected chi connectivity index (χ2v) is 10.1. The molecule has 0 heterocycles. The van der Waals surface area contributed by atoms with Crippen LogP contribution in [0.5, 0.6) is 5.75 Å². The van der Waals surface area contributed by atoms with Crippen LogP contribution in [-0.4, -0.2) is 24.5 Å². The molecule has 4 saturated carbocycles. The van der Waals surface area contributed by atoms with Gasteiger partial charge in [0.25, 0.3) is 5.91 Å². The Morgan fingerprint density at radius 3 is 2.10 bits per heavy atom. The van der Waals surface area contributed by atoms with Crippen LogP contribution in [0.4, 0.5) is 0 Å². The predicted octanol–water partition coefficient (Wildman–Crippen LogP) is 2.81. The first kappa shape index (κ1) is 20.2. The van der Waals surface area contributed by atoms with Crippen molar-refractivity contribution in [1.29, 1.82) is 0 Å². The maximum atomic E-state index is 12.1. The Kier molecular flexibility index (Phi) is 5.58. The lowest BCUT2D eigenvalue weighted by Gasteiger charge is -2.57. The van der Waals surface area contributed by atoms with Crippen molar-refractivity contribution in [3.8, 4) is 5.75 Å².